The first-order valence-electron chi connectivity index (χ1n) is 11.4. The van der Waals surface area contributed by atoms with Crippen LogP contribution in [0.15, 0.2) is 84.3 Å². The van der Waals surface area contributed by atoms with Gasteiger partial charge in [0, 0.05) is 24.0 Å². The van der Waals surface area contributed by atoms with Gasteiger partial charge in [-0.2, -0.15) is 0 Å². The summed E-state index contributed by atoms with van der Waals surface area (Å²) in [6, 6.07) is 21.9. The molecule has 7 nitrogen and oxygen atoms in total. The van der Waals surface area contributed by atoms with Crippen molar-refractivity contribution in [1.29, 1.82) is 0 Å². The number of benzene rings is 2. The Labute approximate surface area is 201 Å². The number of carbonyl (C=O) groups is 1. The second-order valence-corrected chi connectivity index (χ2v) is 9.35. The lowest BCUT2D eigenvalue weighted by molar-refractivity contribution is -0.117. The van der Waals surface area contributed by atoms with Gasteiger partial charge in [0.2, 0.25) is 5.91 Å². The van der Waals surface area contributed by atoms with Gasteiger partial charge in [-0.1, -0.05) is 54.2 Å². The highest BCUT2D eigenvalue weighted by molar-refractivity contribution is 7.99. The number of hydrogen-bond donors (Lipinski definition) is 0. The minimum Gasteiger partial charge on any atom is -0.489 e. The van der Waals surface area contributed by atoms with Crippen LogP contribution in [0.3, 0.4) is 0 Å². The standard InChI is InChI=1S/C26H23N5O2S/c32-24(17-34-26-29-28-25(30(26)20-12-13-20)19-9-6-14-27-15-19)31-21-10-4-5-11-23(21)33-16-22(31)18-7-2-1-3-8-18/h1-11,14-15,20,22H,12-13,16-17H2/t22-/m0/s1. The molecule has 1 aliphatic heterocycles. The van der Waals surface area contributed by atoms with E-state index in [1.54, 1.807) is 12.4 Å². The third-order valence-corrected chi connectivity index (χ3v) is 7.04. The summed E-state index contributed by atoms with van der Waals surface area (Å²) >= 11 is 1.44. The Morgan fingerprint density at radius 2 is 1.82 bits per heavy atom. The zero-order valence-corrected chi connectivity index (χ0v) is 19.3. The van der Waals surface area contributed by atoms with Crippen molar-refractivity contribution in [3.63, 3.8) is 0 Å². The summed E-state index contributed by atoms with van der Waals surface area (Å²) in [4.78, 5) is 19.8. The topological polar surface area (TPSA) is 73.1 Å². The Hall–Kier alpha value is -3.65. The molecule has 8 heteroatoms. The number of pyridine rings is 1. The highest BCUT2D eigenvalue weighted by Crippen LogP contribution is 2.42. The van der Waals surface area contributed by atoms with Crippen LogP contribution in [-0.2, 0) is 4.79 Å². The van der Waals surface area contributed by atoms with Crippen LogP contribution >= 0.6 is 11.8 Å². The predicted molar refractivity (Wildman–Crippen MR) is 131 cm³/mol. The Kier molecular flexibility index (Phi) is 5.50. The molecule has 0 radical (unpaired) electrons. The molecule has 170 valence electrons. The van der Waals surface area contributed by atoms with Crippen molar-refractivity contribution < 1.29 is 9.53 Å². The first kappa shape index (κ1) is 20.9. The largest absolute Gasteiger partial charge is 0.489 e. The van der Waals surface area contributed by atoms with Gasteiger partial charge in [0.05, 0.1) is 17.5 Å². The molecule has 3 heterocycles. The molecule has 2 aromatic heterocycles. The van der Waals surface area contributed by atoms with E-state index in [9.17, 15) is 4.79 Å². The number of nitrogens with zero attached hydrogens (tertiary/aromatic N) is 5. The minimum atomic E-state index is -0.184. The number of carbonyl (C=O) groups excluding carboxylic acids is 1. The molecule has 6 rings (SSSR count). The van der Waals surface area contributed by atoms with Crippen molar-refractivity contribution in [2.45, 2.75) is 30.1 Å². The van der Waals surface area contributed by atoms with Crippen molar-refractivity contribution >= 4 is 23.4 Å². The summed E-state index contributed by atoms with van der Waals surface area (Å²) < 4.78 is 8.18. The molecule has 1 atom stereocenters. The predicted octanol–water partition coefficient (Wildman–Crippen LogP) is 4.93. The van der Waals surface area contributed by atoms with Gasteiger partial charge in [0.1, 0.15) is 12.4 Å². The van der Waals surface area contributed by atoms with Crippen LogP contribution in [0.5, 0.6) is 5.75 Å². The smallest absolute Gasteiger partial charge is 0.238 e. The molecule has 0 N–H and O–H groups in total. The number of fused-ring (bicyclic) bond motifs is 1. The van der Waals surface area contributed by atoms with Crippen molar-refractivity contribution in [3.05, 3.63) is 84.7 Å². The van der Waals surface area contributed by atoms with Gasteiger partial charge >= 0.3 is 0 Å². The van der Waals surface area contributed by atoms with E-state index >= 15 is 0 Å². The average Bonchev–Trinajstić information content (AvgIpc) is 3.66. The number of rotatable bonds is 6. The Morgan fingerprint density at radius 1 is 1.00 bits per heavy atom. The van der Waals surface area contributed by atoms with Crippen LogP contribution in [0, 0.1) is 0 Å². The second-order valence-electron chi connectivity index (χ2n) is 8.41. The van der Waals surface area contributed by atoms with Crippen molar-refractivity contribution in [3.8, 4) is 17.1 Å². The fraction of sp³-hybridized carbons (Fsp3) is 0.231. The lowest BCUT2D eigenvalue weighted by Crippen LogP contribution is -2.42. The fourth-order valence-corrected chi connectivity index (χ4v) is 5.21. The van der Waals surface area contributed by atoms with Gasteiger partial charge in [0.15, 0.2) is 11.0 Å². The van der Waals surface area contributed by atoms with Crippen molar-refractivity contribution in [1.82, 2.24) is 19.7 Å². The molecule has 0 bridgehead atoms. The first-order chi connectivity index (χ1) is 16.8. The SMILES string of the molecule is O=C(CSc1nnc(-c2cccnc2)n1C1CC1)N1c2ccccc2OC[C@H]1c1ccccc1. The molecule has 0 spiro atoms. The lowest BCUT2D eigenvalue weighted by atomic mass is 10.0. The number of ether oxygens (including phenoxy) is 1. The minimum absolute atomic E-state index is 0.0166. The molecule has 1 fully saturated rings. The molecular formula is C26H23N5O2S. The van der Waals surface area contributed by atoms with E-state index in [1.165, 1.54) is 11.8 Å². The Bertz CT molecular complexity index is 1310. The molecule has 2 aromatic carbocycles. The molecule has 4 aromatic rings. The van der Waals surface area contributed by atoms with E-state index in [0.717, 1.165) is 46.4 Å². The molecule has 1 aliphatic carbocycles. The van der Waals surface area contributed by atoms with Crippen LogP contribution in [-0.4, -0.2) is 38.0 Å². The number of amides is 1. The number of thioether (sulfide) groups is 1. The number of aromatic nitrogens is 4. The molecule has 1 saturated carbocycles. The zero-order valence-electron chi connectivity index (χ0n) is 18.4. The highest BCUT2D eigenvalue weighted by atomic mass is 32.2. The maximum atomic E-state index is 13.7. The first-order valence-corrected chi connectivity index (χ1v) is 12.3. The fourth-order valence-electron chi connectivity index (χ4n) is 4.34. The van der Waals surface area contributed by atoms with Gasteiger partial charge in [-0.05, 0) is 42.7 Å². The third-order valence-electron chi connectivity index (χ3n) is 6.11. The molecular weight excluding hydrogens is 446 g/mol. The van der Waals surface area contributed by atoms with E-state index in [4.69, 9.17) is 4.74 Å². The summed E-state index contributed by atoms with van der Waals surface area (Å²) in [7, 11) is 0. The lowest BCUT2D eigenvalue weighted by Gasteiger charge is -2.37. The van der Waals surface area contributed by atoms with Crippen LogP contribution in [0.25, 0.3) is 11.4 Å². The van der Waals surface area contributed by atoms with Gasteiger partial charge in [-0.25, -0.2) is 0 Å². The maximum absolute atomic E-state index is 13.7. The average molecular weight is 470 g/mol. The van der Waals surface area contributed by atoms with Crippen LogP contribution in [0.4, 0.5) is 5.69 Å². The quantitative estimate of drug-likeness (QED) is 0.373. The van der Waals surface area contributed by atoms with Gasteiger partial charge in [-0.3, -0.25) is 19.2 Å². The molecule has 0 unspecified atom stereocenters. The monoisotopic (exact) mass is 469 g/mol. The van der Waals surface area contributed by atoms with E-state index in [1.807, 2.05) is 71.6 Å². The highest BCUT2D eigenvalue weighted by Gasteiger charge is 2.34. The van der Waals surface area contributed by atoms with Gasteiger partial charge < -0.3 is 4.74 Å². The molecule has 2 aliphatic rings. The summed E-state index contributed by atoms with van der Waals surface area (Å²) in [6.45, 7) is 0.418. The van der Waals surface area contributed by atoms with Crippen LogP contribution in [0.2, 0.25) is 0 Å². The number of anilines is 1. The number of hydrogen-bond acceptors (Lipinski definition) is 6. The van der Waals surface area contributed by atoms with Crippen molar-refractivity contribution in [2.75, 3.05) is 17.3 Å². The van der Waals surface area contributed by atoms with Gasteiger partial charge in [-0.15, -0.1) is 10.2 Å². The zero-order chi connectivity index (χ0) is 22.9. The van der Waals surface area contributed by atoms with Crippen LogP contribution < -0.4 is 9.64 Å². The van der Waals surface area contributed by atoms with E-state index in [-0.39, 0.29) is 17.7 Å². The summed E-state index contributed by atoms with van der Waals surface area (Å²) in [6.07, 6.45) is 5.75. The summed E-state index contributed by atoms with van der Waals surface area (Å²) in [5.41, 5.74) is 2.79. The van der Waals surface area contributed by atoms with Crippen molar-refractivity contribution in [2.24, 2.45) is 0 Å². The van der Waals surface area contributed by atoms with E-state index < -0.39 is 0 Å². The van der Waals surface area contributed by atoms with Crippen LogP contribution in [0.1, 0.15) is 30.5 Å². The maximum Gasteiger partial charge on any atom is 0.238 e. The Balaban J connectivity index is 1.28. The molecule has 0 saturated heterocycles. The second kappa shape index (κ2) is 8.95. The van der Waals surface area contributed by atoms with E-state index in [2.05, 4.69) is 19.7 Å². The molecule has 1 amide bonds. The Morgan fingerprint density at radius 3 is 2.62 bits per heavy atom. The third kappa shape index (κ3) is 3.94. The normalized spacial score (nSPS) is 17.2. The number of para-hydroxylation sites is 2. The summed E-state index contributed by atoms with van der Waals surface area (Å²) in [5, 5.41) is 9.66. The molecule has 34 heavy (non-hydrogen) atoms. The summed E-state index contributed by atoms with van der Waals surface area (Å²) in [5.74, 6) is 1.82. The van der Waals surface area contributed by atoms with E-state index in [0.29, 0.717) is 12.6 Å². The van der Waals surface area contributed by atoms with Gasteiger partial charge in [0.25, 0.3) is 0 Å².